The van der Waals surface area contributed by atoms with Gasteiger partial charge in [-0.1, -0.05) is 42.5 Å². The molecule has 1 aliphatic heterocycles. The fraction of sp³-hybridized carbons (Fsp3) is 0.188. The van der Waals surface area contributed by atoms with Gasteiger partial charge in [0.25, 0.3) is 0 Å². The number of ketones is 1. The van der Waals surface area contributed by atoms with E-state index in [2.05, 4.69) is 0 Å². The Morgan fingerprint density at radius 1 is 1.00 bits per heavy atom. The van der Waals surface area contributed by atoms with Crippen molar-refractivity contribution in [1.29, 1.82) is 0 Å². The van der Waals surface area contributed by atoms with Crippen molar-refractivity contribution in [3.63, 3.8) is 0 Å². The van der Waals surface area contributed by atoms with Crippen LogP contribution in [0.25, 0.3) is 0 Å². The summed E-state index contributed by atoms with van der Waals surface area (Å²) in [5.41, 5.74) is 1.65. The topological polar surface area (TPSA) is 29.5 Å². The van der Waals surface area contributed by atoms with Gasteiger partial charge in [0.15, 0.2) is 11.3 Å². The van der Waals surface area contributed by atoms with Crippen LogP contribution in [0.15, 0.2) is 54.6 Å². The number of hydroxylamine groups is 1. The molecule has 2 aromatic carbocycles. The molecule has 0 radical (unpaired) electrons. The number of fused-ring (bicyclic) bond motifs is 1. The summed E-state index contributed by atoms with van der Waals surface area (Å²) in [6.07, 6.45) is 0. The third-order valence-electron chi connectivity index (χ3n) is 3.73. The Morgan fingerprint density at radius 3 is 2.32 bits per heavy atom. The van der Waals surface area contributed by atoms with Crippen molar-refractivity contribution in [2.75, 3.05) is 12.2 Å². The zero-order chi connectivity index (χ0) is 13.5. The van der Waals surface area contributed by atoms with E-state index in [0.29, 0.717) is 5.56 Å². The molecule has 0 aliphatic carbocycles. The van der Waals surface area contributed by atoms with Crippen LogP contribution in [-0.2, 0) is 10.4 Å². The molecule has 0 saturated carbocycles. The number of Topliss-reactive ketones (excluding diaryl/α,β-unsaturated/α-hetero) is 1. The third kappa shape index (κ3) is 1.52. The summed E-state index contributed by atoms with van der Waals surface area (Å²) in [5, 5.41) is 1.69. The van der Waals surface area contributed by atoms with Crippen LogP contribution in [0.4, 0.5) is 5.69 Å². The van der Waals surface area contributed by atoms with Gasteiger partial charge in [-0.25, -0.2) is 5.06 Å². The van der Waals surface area contributed by atoms with Crippen molar-refractivity contribution in [2.24, 2.45) is 0 Å². The fourth-order valence-corrected chi connectivity index (χ4v) is 2.73. The zero-order valence-corrected chi connectivity index (χ0v) is 11.0. The first-order valence-electron chi connectivity index (χ1n) is 6.23. The van der Waals surface area contributed by atoms with Crippen molar-refractivity contribution >= 4 is 11.5 Å². The summed E-state index contributed by atoms with van der Waals surface area (Å²) in [7, 11) is 1.59. The number of carbonyl (C=O) groups is 1. The molecule has 3 nitrogen and oxygen atoms in total. The van der Waals surface area contributed by atoms with E-state index in [1.54, 1.807) is 12.2 Å². The zero-order valence-electron chi connectivity index (χ0n) is 11.0. The average Bonchev–Trinajstić information content (AvgIpc) is 2.70. The molecule has 0 aromatic heterocycles. The summed E-state index contributed by atoms with van der Waals surface area (Å²) in [6, 6.07) is 17.3. The first-order chi connectivity index (χ1) is 9.19. The van der Waals surface area contributed by atoms with Gasteiger partial charge in [-0.15, -0.1) is 0 Å². The summed E-state index contributed by atoms with van der Waals surface area (Å²) in [4.78, 5) is 18.3. The molecular formula is C16H15NO2. The second kappa shape index (κ2) is 4.21. The van der Waals surface area contributed by atoms with Gasteiger partial charge >= 0.3 is 0 Å². The van der Waals surface area contributed by atoms with Crippen molar-refractivity contribution in [3.05, 3.63) is 65.7 Å². The van der Waals surface area contributed by atoms with Crippen molar-refractivity contribution in [3.8, 4) is 0 Å². The molecule has 1 atom stereocenters. The van der Waals surface area contributed by atoms with E-state index in [9.17, 15) is 4.79 Å². The van der Waals surface area contributed by atoms with Crippen molar-refractivity contribution in [1.82, 2.24) is 0 Å². The monoisotopic (exact) mass is 253 g/mol. The van der Waals surface area contributed by atoms with E-state index in [1.165, 1.54) is 0 Å². The quantitative estimate of drug-likeness (QED) is 0.823. The molecule has 0 saturated heterocycles. The third-order valence-corrected chi connectivity index (χ3v) is 3.73. The van der Waals surface area contributed by atoms with E-state index < -0.39 is 5.54 Å². The SMILES string of the molecule is CON1c2ccccc2C(=O)C1(C)c1ccccc1. The molecule has 0 amide bonds. The van der Waals surface area contributed by atoms with Crippen LogP contribution in [-0.4, -0.2) is 12.9 Å². The van der Waals surface area contributed by atoms with Gasteiger partial charge in [-0.05, 0) is 24.6 Å². The smallest absolute Gasteiger partial charge is 0.197 e. The molecular weight excluding hydrogens is 238 g/mol. The van der Waals surface area contributed by atoms with Crippen LogP contribution in [0.3, 0.4) is 0 Å². The molecule has 3 rings (SSSR count). The fourth-order valence-electron chi connectivity index (χ4n) is 2.73. The van der Waals surface area contributed by atoms with Gasteiger partial charge in [0.2, 0.25) is 0 Å². The molecule has 96 valence electrons. The van der Waals surface area contributed by atoms with Crippen LogP contribution < -0.4 is 5.06 Å². The van der Waals surface area contributed by atoms with E-state index in [4.69, 9.17) is 4.84 Å². The van der Waals surface area contributed by atoms with Gasteiger partial charge in [-0.3, -0.25) is 9.63 Å². The highest BCUT2D eigenvalue weighted by Gasteiger charge is 2.49. The molecule has 0 N–H and O–H groups in total. The summed E-state index contributed by atoms with van der Waals surface area (Å²) in [5.74, 6) is 0.0659. The Morgan fingerprint density at radius 2 is 1.63 bits per heavy atom. The number of hydrogen-bond donors (Lipinski definition) is 0. The predicted molar refractivity (Wildman–Crippen MR) is 74.1 cm³/mol. The van der Waals surface area contributed by atoms with Gasteiger partial charge in [-0.2, -0.15) is 0 Å². The molecule has 3 heteroatoms. The number of para-hydroxylation sites is 1. The number of nitrogens with zero attached hydrogens (tertiary/aromatic N) is 1. The lowest BCUT2D eigenvalue weighted by Crippen LogP contribution is -2.44. The highest BCUT2D eigenvalue weighted by atomic mass is 16.7. The minimum atomic E-state index is -0.806. The number of benzene rings is 2. The number of hydrogen-bond acceptors (Lipinski definition) is 3. The Bertz CT molecular complexity index is 624. The lowest BCUT2D eigenvalue weighted by Gasteiger charge is -2.33. The van der Waals surface area contributed by atoms with E-state index in [0.717, 1.165) is 11.3 Å². The molecule has 0 bridgehead atoms. The van der Waals surface area contributed by atoms with E-state index in [1.807, 2.05) is 61.5 Å². The Balaban J connectivity index is 2.21. The maximum Gasteiger partial charge on any atom is 0.197 e. The molecule has 1 unspecified atom stereocenters. The molecule has 2 aromatic rings. The summed E-state index contributed by atoms with van der Waals surface area (Å²) < 4.78 is 0. The van der Waals surface area contributed by atoms with Crippen LogP contribution in [0, 0.1) is 0 Å². The first-order valence-corrected chi connectivity index (χ1v) is 6.23. The van der Waals surface area contributed by atoms with Crippen LogP contribution in [0.5, 0.6) is 0 Å². The second-order valence-electron chi connectivity index (χ2n) is 4.76. The largest absolute Gasteiger partial charge is 0.291 e. The van der Waals surface area contributed by atoms with E-state index in [-0.39, 0.29) is 5.78 Å². The molecule has 1 aliphatic rings. The maximum absolute atomic E-state index is 12.8. The van der Waals surface area contributed by atoms with Gasteiger partial charge in [0, 0.05) is 5.56 Å². The summed E-state index contributed by atoms with van der Waals surface area (Å²) in [6.45, 7) is 1.90. The normalized spacial score (nSPS) is 21.6. The van der Waals surface area contributed by atoms with Crippen molar-refractivity contribution < 1.29 is 9.63 Å². The van der Waals surface area contributed by atoms with Crippen LogP contribution >= 0.6 is 0 Å². The van der Waals surface area contributed by atoms with Gasteiger partial charge in [0.05, 0.1) is 12.8 Å². The second-order valence-corrected chi connectivity index (χ2v) is 4.76. The highest BCUT2D eigenvalue weighted by Crippen LogP contribution is 2.44. The lowest BCUT2D eigenvalue weighted by molar-refractivity contribution is 0.0713. The minimum absolute atomic E-state index is 0.0659. The van der Waals surface area contributed by atoms with Crippen LogP contribution in [0.2, 0.25) is 0 Å². The number of anilines is 1. The van der Waals surface area contributed by atoms with Gasteiger partial charge in [0.1, 0.15) is 0 Å². The number of rotatable bonds is 2. The molecule has 0 spiro atoms. The average molecular weight is 253 g/mol. The number of carbonyl (C=O) groups excluding carboxylic acids is 1. The standard InChI is InChI=1S/C16H15NO2/c1-16(12-8-4-3-5-9-12)15(18)13-10-6-7-11-14(13)17(16)19-2/h3-11H,1-2H3. The molecule has 0 fully saturated rings. The Kier molecular flexibility index (Phi) is 2.64. The Hall–Kier alpha value is -2.13. The highest BCUT2D eigenvalue weighted by molar-refractivity contribution is 6.13. The van der Waals surface area contributed by atoms with E-state index >= 15 is 0 Å². The van der Waals surface area contributed by atoms with Crippen molar-refractivity contribution in [2.45, 2.75) is 12.5 Å². The summed E-state index contributed by atoms with van der Waals surface area (Å²) >= 11 is 0. The Labute approximate surface area is 112 Å². The molecule has 19 heavy (non-hydrogen) atoms. The van der Waals surface area contributed by atoms with Crippen LogP contribution in [0.1, 0.15) is 22.8 Å². The maximum atomic E-state index is 12.8. The lowest BCUT2D eigenvalue weighted by atomic mass is 9.87. The minimum Gasteiger partial charge on any atom is -0.291 e. The molecule has 1 heterocycles. The predicted octanol–water partition coefficient (Wildman–Crippen LogP) is 3.17. The van der Waals surface area contributed by atoms with Gasteiger partial charge < -0.3 is 0 Å². The first kappa shape index (κ1) is 11.9.